The van der Waals surface area contributed by atoms with Crippen molar-refractivity contribution in [1.82, 2.24) is 9.78 Å². The highest BCUT2D eigenvalue weighted by molar-refractivity contribution is 6.46. The Kier molecular flexibility index (Phi) is 4.30. The van der Waals surface area contributed by atoms with Crippen LogP contribution in [0.3, 0.4) is 0 Å². The lowest BCUT2D eigenvalue weighted by atomic mass is 9.69. The van der Waals surface area contributed by atoms with Gasteiger partial charge in [0.15, 0.2) is 0 Å². The van der Waals surface area contributed by atoms with E-state index in [0.717, 1.165) is 22.5 Å². The summed E-state index contributed by atoms with van der Waals surface area (Å²) in [7, 11) is 0. The fourth-order valence-electron chi connectivity index (χ4n) is 3.59. The molecule has 5 heteroatoms. The van der Waals surface area contributed by atoms with Crippen LogP contribution >= 0.6 is 0 Å². The molecule has 1 aliphatic rings. The molecule has 0 spiro atoms. The molecule has 28 heavy (non-hydrogen) atoms. The average Bonchev–Trinajstić information content (AvgIpc) is 3.10. The number of hydrogen-bond donors (Lipinski definition) is 0. The second-order valence-electron chi connectivity index (χ2n) is 7.30. The lowest BCUT2D eigenvalue weighted by molar-refractivity contribution is -0.121. The number of aromatic nitrogens is 2. The van der Waals surface area contributed by atoms with Crippen LogP contribution in [0, 0.1) is 11.2 Å². The van der Waals surface area contributed by atoms with Crippen LogP contribution in [0.15, 0.2) is 66.4 Å². The van der Waals surface area contributed by atoms with Crippen molar-refractivity contribution in [1.29, 1.82) is 0 Å². The summed E-state index contributed by atoms with van der Waals surface area (Å²) < 4.78 is 14.9. The van der Waals surface area contributed by atoms with Gasteiger partial charge >= 0.3 is 0 Å². The number of carbonyl (C=O) groups is 2. The number of benzene rings is 2. The number of nitrogens with zero attached hydrogens (tertiary/aromatic N) is 2. The Bertz CT molecular complexity index is 1100. The van der Waals surface area contributed by atoms with Gasteiger partial charge in [-0.3, -0.25) is 9.59 Å². The smallest absolute Gasteiger partial charge is 0.229 e. The van der Waals surface area contributed by atoms with Crippen LogP contribution in [-0.2, 0) is 11.2 Å². The number of fused-ring (bicyclic) bond motifs is 1. The molecule has 1 unspecified atom stereocenters. The molecule has 1 aromatic heterocycles. The maximum Gasteiger partial charge on any atom is 0.229 e. The van der Waals surface area contributed by atoms with Crippen molar-refractivity contribution in [3.05, 3.63) is 89.0 Å². The van der Waals surface area contributed by atoms with E-state index in [1.165, 1.54) is 12.1 Å². The minimum atomic E-state index is -0.920. The zero-order valence-electron chi connectivity index (χ0n) is 15.6. The monoisotopic (exact) mass is 374 g/mol. The second-order valence-corrected chi connectivity index (χ2v) is 7.30. The van der Waals surface area contributed by atoms with Crippen LogP contribution in [0.4, 0.5) is 4.39 Å². The second kappa shape index (κ2) is 6.68. The van der Waals surface area contributed by atoms with Gasteiger partial charge in [0.25, 0.3) is 0 Å². The van der Waals surface area contributed by atoms with Gasteiger partial charge in [-0.1, -0.05) is 35.9 Å². The molecular weight excluding hydrogens is 355 g/mol. The maximum atomic E-state index is 13.2. The van der Waals surface area contributed by atoms with Gasteiger partial charge in [-0.15, -0.1) is 0 Å². The summed E-state index contributed by atoms with van der Waals surface area (Å²) in [6.07, 6.45) is 3.99. The van der Waals surface area contributed by atoms with Gasteiger partial charge in [-0.2, -0.15) is 5.10 Å². The third kappa shape index (κ3) is 2.89. The minimum absolute atomic E-state index is 0.311. The predicted octanol–water partition coefficient (Wildman–Crippen LogP) is 4.43. The van der Waals surface area contributed by atoms with Crippen molar-refractivity contribution >= 4 is 17.6 Å². The molecule has 0 aliphatic heterocycles. The topological polar surface area (TPSA) is 52.0 Å². The number of Topliss-reactive ketones (excluding diaryl/α,β-unsaturated/α-hetero) is 2. The zero-order valence-corrected chi connectivity index (χ0v) is 15.6. The first-order valence-corrected chi connectivity index (χ1v) is 9.06. The summed E-state index contributed by atoms with van der Waals surface area (Å²) in [5, 5.41) is 4.41. The molecule has 3 aromatic rings. The first-order valence-electron chi connectivity index (χ1n) is 9.06. The van der Waals surface area contributed by atoms with Crippen LogP contribution < -0.4 is 0 Å². The standard InChI is InChI=1S/C23H19FN2O2/c1-15-12-20-17(14-25-26(20)19-10-8-18(24)9-11-19)13-23(15,2)22(28)21(27)16-6-4-3-5-7-16/h3-12,14H,13H2,1-2H3. The van der Waals surface area contributed by atoms with Crippen molar-refractivity contribution < 1.29 is 14.0 Å². The Balaban J connectivity index is 1.70. The number of ketones is 2. The number of halogens is 1. The molecule has 0 saturated carbocycles. The van der Waals surface area contributed by atoms with Crippen LogP contribution in [0.25, 0.3) is 11.8 Å². The normalized spacial score (nSPS) is 18.3. The number of hydrogen-bond acceptors (Lipinski definition) is 3. The molecule has 0 fully saturated rings. The van der Waals surface area contributed by atoms with E-state index in [4.69, 9.17) is 0 Å². The fourth-order valence-corrected chi connectivity index (χ4v) is 3.59. The molecular formula is C23H19FN2O2. The molecule has 1 heterocycles. The van der Waals surface area contributed by atoms with Gasteiger partial charge in [-0.05, 0) is 56.2 Å². The molecule has 140 valence electrons. The van der Waals surface area contributed by atoms with Gasteiger partial charge in [0.2, 0.25) is 11.6 Å². The molecule has 1 aliphatic carbocycles. The summed E-state index contributed by atoms with van der Waals surface area (Å²) in [5.41, 5.74) is 2.75. The quantitative estimate of drug-likeness (QED) is 0.501. The first kappa shape index (κ1) is 18.0. The Morgan fingerprint density at radius 3 is 2.43 bits per heavy atom. The van der Waals surface area contributed by atoms with E-state index in [2.05, 4.69) is 5.10 Å². The molecule has 0 saturated heterocycles. The summed E-state index contributed by atoms with van der Waals surface area (Å²) >= 11 is 0. The SMILES string of the molecule is CC1=Cc2c(cnn2-c2ccc(F)cc2)CC1(C)C(=O)C(=O)c1ccccc1. The molecule has 4 rings (SSSR count). The van der Waals surface area contributed by atoms with E-state index in [0.29, 0.717) is 12.0 Å². The largest absolute Gasteiger partial charge is 0.289 e. The number of rotatable bonds is 4. The Morgan fingerprint density at radius 2 is 1.75 bits per heavy atom. The first-order chi connectivity index (χ1) is 13.4. The molecule has 0 bridgehead atoms. The van der Waals surface area contributed by atoms with Crippen LogP contribution in [-0.4, -0.2) is 21.3 Å². The molecule has 0 radical (unpaired) electrons. The predicted molar refractivity (Wildman–Crippen MR) is 105 cm³/mol. The van der Waals surface area contributed by atoms with E-state index in [9.17, 15) is 14.0 Å². The molecule has 2 aromatic carbocycles. The summed E-state index contributed by atoms with van der Waals surface area (Å²) in [6, 6.07) is 14.7. The van der Waals surface area contributed by atoms with E-state index >= 15 is 0 Å². The van der Waals surface area contributed by atoms with Gasteiger partial charge in [0.05, 0.1) is 23.0 Å². The Morgan fingerprint density at radius 1 is 1.07 bits per heavy atom. The lowest BCUT2D eigenvalue weighted by Crippen LogP contribution is -2.38. The molecule has 0 N–H and O–H groups in total. The van der Waals surface area contributed by atoms with Gasteiger partial charge < -0.3 is 0 Å². The number of allylic oxidation sites excluding steroid dienone is 1. The van der Waals surface area contributed by atoms with E-state index < -0.39 is 17.0 Å². The van der Waals surface area contributed by atoms with E-state index in [-0.39, 0.29) is 5.82 Å². The zero-order chi connectivity index (χ0) is 19.9. The van der Waals surface area contributed by atoms with Crippen molar-refractivity contribution in [2.75, 3.05) is 0 Å². The van der Waals surface area contributed by atoms with Crippen LogP contribution in [0.2, 0.25) is 0 Å². The van der Waals surface area contributed by atoms with Crippen LogP contribution in [0.1, 0.15) is 35.5 Å². The molecule has 1 atom stereocenters. The van der Waals surface area contributed by atoms with Crippen molar-refractivity contribution in [2.24, 2.45) is 5.41 Å². The minimum Gasteiger partial charge on any atom is -0.289 e. The van der Waals surface area contributed by atoms with Gasteiger partial charge in [-0.25, -0.2) is 9.07 Å². The molecule has 0 amide bonds. The summed E-state index contributed by atoms with van der Waals surface area (Å²) in [5.74, 6) is -1.22. The Hall–Kier alpha value is -3.34. The van der Waals surface area contributed by atoms with E-state index in [1.54, 1.807) is 54.2 Å². The molecule has 4 nitrogen and oxygen atoms in total. The highest BCUT2D eigenvalue weighted by Crippen LogP contribution is 2.40. The summed E-state index contributed by atoms with van der Waals surface area (Å²) in [6.45, 7) is 3.67. The van der Waals surface area contributed by atoms with E-state index in [1.807, 2.05) is 19.1 Å². The van der Waals surface area contributed by atoms with Gasteiger partial charge in [0.1, 0.15) is 5.82 Å². The third-order valence-electron chi connectivity index (χ3n) is 5.47. The van der Waals surface area contributed by atoms with Crippen molar-refractivity contribution in [3.8, 4) is 5.69 Å². The van der Waals surface area contributed by atoms with Crippen molar-refractivity contribution in [3.63, 3.8) is 0 Å². The lowest BCUT2D eigenvalue weighted by Gasteiger charge is -2.32. The third-order valence-corrected chi connectivity index (χ3v) is 5.47. The fraction of sp³-hybridized carbons (Fsp3) is 0.174. The summed E-state index contributed by atoms with van der Waals surface area (Å²) in [4.78, 5) is 25.8. The average molecular weight is 374 g/mol. The van der Waals surface area contributed by atoms with Crippen LogP contribution in [0.5, 0.6) is 0 Å². The number of carbonyl (C=O) groups excluding carboxylic acids is 2. The van der Waals surface area contributed by atoms with Crippen molar-refractivity contribution in [2.45, 2.75) is 20.3 Å². The highest BCUT2D eigenvalue weighted by atomic mass is 19.1. The van der Waals surface area contributed by atoms with Gasteiger partial charge in [0, 0.05) is 5.56 Å². The Labute approximate surface area is 162 Å². The highest BCUT2D eigenvalue weighted by Gasteiger charge is 2.42. The maximum absolute atomic E-state index is 13.2.